The molecule has 94 valence electrons. The lowest BCUT2D eigenvalue weighted by atomic mass is 10.2. The minimum Gasteiger partial charge on any atom is -0.481 e. The smallest absolute Gasteiger partial charge is 0.305 e. The molecular weight excluding hydrogens is 300 g/mol. The van der Waals surface area contributed by atoms with Gasteiger partial charge in [0, 0.05) is 10.0 Å². The quantitative estimate of drug-likeness (QED) is 0.935. The molecule has 0 saturated carbocycles. The molecule has 2 rings (SSSR count). The van der Waals surface area contributed by atoms with Crippen molar-refractivity contribution in [1.29, 1.82) is 0 Å². The fraction of sp³-hybridized carbons (Fsp3) is 0.273. The highest BCUT2D eigenvalue weighted by atomic mass is 79.9. The lowest BCUT2D eigenvalue weighted by Crippen LogP contribution is -2.13. The van der Waals surface area contributed by atoms with Gasteiger partial charge in [0.05, 0.1) is 12.5 Å². The van der Waals surface area contributed by atoms with Gasteiger partial charge in [0.25, 0.3) is 0 Å². The van der Waals surface area contributed by atoms with E-state index in [0.29, 0.717) is 5.82 Å². The molecule has 6 nitrogen and oxygen atoms in total. The van der Waals surface area contributed by atoms with Crippen molar-refractivity contribution >= 4 is 21.9 Å². The number of aliphatic carboxylic acids is 1. The van der Waals surface area contributed by atoms with Gasteiger partial charge in [0.1, 0.15) is 0 Å². The molecule has 0 radical (unpaired) electrons. The van der Waals surface area contributed by atoms with Gasteiger partial charge in [-0.25, -0.2) is 4.68 Å². The van der Waals surface area contributed by atoms with Crippen LogP contribution >= 0.6 is 15.9 Å². The number of nitrogens with zero attached hydrogens (tertiary/aromatic N) is 4. The maximum Gasteiger partial charge on any atom is 0.305 e. The summed E-state index contributed by atoms with van der Waals surface area (Å²) < 4.78 is 2.49. The van der Waals surface area contributed by atoms with Crippen molar-refractivity contribution in [1.82, 2.24) is 20.2 Å². The third-order valence-electron chi connectivity index (χ3n) is 2.48. The van der Waals surface area contributed by atoms with Crippen LogP contribution in [0.5, 0.6) is 0 Å². The van der Waals surface area contributed by atoms with Gasteiger partial charge in [-0.1, -0.05) is 28.1 Å². The molecule has 1 aromatic carbocycles. The third kappa shape index (κ3) is 2.73. The van der Waals surface area contributed by atoms with Gasteiger partial charge >= 0.3 is 5.97 Å². The van der Waals surface area contributed by atoms with Crippen molar-refractivity contribution in [3.8, 4) is 11.4 Å². The second kappa shape index (κ2) is 5.26. The molecule has 0 aliphatic heterocycles. The molecule has 1 aromatic heterocycles. The van der Waals surface area contributed by atoms with E-state index in [-0.39, 0.29) is 12.5 Å². The lowest BCUT2D eigenvalue weighted by molar-refractivity contribution is -0.137. The molecule has 0 amide bonds. The second-order valence-electron chi connectivity index (χ2n) is 3.90. The first-order valence-electron chi connectivity index (χ1n) is 5.33. The van der Waals surface area contributed by atoms with Crippen LogP contribution in [0.1, 0.15) is 19.4 Å². The summed E-state index contributed by atoms with van der Waals surface area (Å²) in [5, 5.41) is 20.2. The van der Waals surface area contributed by atoms with Crippen LogP contribution in [0.3, 0.4) is 0 Å². The van der Waals surface area contributed by atoms with E-state index in [2.05, 4.69) is 31.5 Å². The van der Waals surface area contributed by atoms with Gasteiger partial charge in [-0.3, -0.25) is 4.79 Å². The minimum absolute atomic E-state index is 0.0193. The fourth-order valence-corrected chi connectivity index (χ4v) is 1.88. The maximum atomic E-state index is 10.7. The van der Waals surface area contributed by atoms with E-state index < -0.39 is 5.97 Å². The number of halogens is 1. The summed E-state index contributed by atoms with van der Waals surface area (Å²) in [6, 6.07) is 7.22. The number of benzene rings is 1. The van der Waals surface area contributed by atoms with Gasteiger partial charge in [0.2, 0.25) is 0 Å². The average Bonchev–Trinajstić information content (AvgIpc) is 2.78. The standard InChI is InChI=1S/C11H11BrN4O2/c1-7(6-10(17)18)16-11(13-14-15-16)8-2-4-9(12)5-3-8/h2-5,7H,6H2,1H3,(H,17,18). The normalized spacial score (nSPS) is 12.3. The van der Waals surface area contributed by atoms with Gasteiger partial charge in [-0.2, -0.15) is 0 Å². The van der Waals surface area contributed by atoms with Crippen LogP contribution in [0.2, 0.25) is 0 Å². The molecule has 0 saturated heterocycles. The Kier molecular flexibility index (Phi) is 3.71. The topological polar surface area (TPSA) is 80.9 Å². The molecule has 0 bridgehead atoms. The van der Waals surface area contributed by atoms with E-state index in [9.17, 15) is 4.79 Å². The van der Waals surface area contributed by atoms with Crippen LogP contribution in [0.15, 0.2) is 28.7 Å². The van der Waals surface area contributed by atoms with Crippen molar-refractivity contribution in [2.75, 3.05) is 0 Å². The lowest BCUT2D eigenvalue weighted by Gasteiger charge is -2.10. The van der Waals surface area contributed by atoms with Crippen molar-refractivity contribution in [3.05, 3.63) is 28.7 Å². The molecule has 0 aliphatic rings. The van der Waals surface area contributed by atoms with E-state index in [4.69, 9.17) is 5.11 Å². The Bertz CT molecular complexity index is 552. The molecule has 1 atom stereocenters. The monoisotopic (exact) mass is 310 g/mol. The van der Waals surface area contributed by atoms with Gasteiger partial charge in [-0.15, -0.1) is 5.10 Å². The van der Waals surface area contributed by atoms with Crippen LogP contribution in [0.25, 0.3) is 11.4 Å². The first kappa shape index (κ1) is 12.7. The number of rotatable bonds is 4. The van der Waals surface area contributed by atoms with Gasteiger partial charge < -0.3 is 5.11 Å². The molecule has 1 unspecified atom stereocenters. The fourth-order valence-electron chi connectivity index (χ4n) is 1.62. The molecule has 0 fully saturated rings. The first-order valence-corrected chi connectivity index (χ1v) is 6.13. The predicted octanol–water partition coefficient (Wildman–Crippen LogP) is 2.14. The summed E-state index contributed by atoms with van der Waals surface area (Å²) in [6.07, 6.45) is -0.0193. The molecule has 0 spiro atoms. The molecular formula is C11H11BrN4O2. The van der Waals surface area contributed by atoms with Crippen molar-refractivity contribution in [3.63, 3.8) is 0 Å². The number of carboxylic acids is 1. The summed E-state index contributed by atoms with van der Waals surface area (Å²) in [7, 11) is 0. The Morgan fingerprint density at radius 1 is 1.44 bits per heavy atom. The number of tetrazole rings is 1. The summed E-state index contributed by atoms with van der Waals surface area (Å²) in [6.45, 7) is 1.77. The van der Waals surface area contributed by atoms with E-state index >= 15 is 0 Å². The average molecular weight is 311 g/mol. The van der Waals surface area contributed by atoms with E-state index in [1.54, 1.807) is 6.92 Å². The Hall–Kier alpha value is -1.76. The zero-order valence-corrected chi connectivity index (χ0v) is 11.2. The van der Waals surface area contributed by atoms with Crippen LogP contribution < -0.4 is 0 Å². The van der Waals surface area contributed by atoms with Crippen LogP contribution in [-0.4, -0.2) is 31.3 Å². The van der Waals surface area contributed by atoms with E-state index in [1.165, 1.54) is 4.68 Å². The Labute approximate surface area is 112 Å². The number of hydrogen-bond donors (Lipinski definition) is 1. The SMILES string of the molecule is CC(CC(=O)O)n1nnnc1-c1ccc(Br)cc1. The summed E-state index contributed by atoms with van der Waals surface area (Å²) >= 11 is 3.35. The number of aromatic nitrogens is 4. The molecule has 1 heterocycles. The maximum absolute atomic E-state index is 10.7. The Balaban J connectivity index is 2.32. The van der Waals surface area contributed by atoms with Gasteiger partial charge in [0.15, 0.2) is 5.82 Å². The molecule has 1 N–H and O–H groups in total. The number of hydrogen-bond acceptors (Lipinski definition) is 4. The zero-order valence-electron chi connectivity index (χ0n) is 9.62. The van der Waals surface area contributed by atoms with E-state index in [0.717, 1.165) is 10.0 Å². The molecule has 2 aromatic rings. The predicted molar refractivity (Wildman–Crippen MR) is 67.9 cm³/mol. The summed E-state index contributed by atoms with van der Waals surface area (Å²) in [4.78, 5) is 10.7. The molecule has 18 heavy (non-hydrogen) atoms. The second-order valence-corrected chi connectivity index (χ2v) is 4.82. The number of carbonyl (C=O) groups is 1. The summed E-state index contributed by atoms with van der Waals surface area (Å²) in [5.41, 5.74) is 0.848. The molecule has 7 heteroatoms. The largest absolute Gasteiger partial charge is 0.481 e. The van der Waals surface area contributed by atoms with Crippen LogP contribution in [0, 0.1) is 0 Å². The zero-order chi connectivity index (χ0) is 13.1. The first-order chi connectivity index (χ1) is 8.58. The van der Waals surface area contributed by atoms with E-state index in [1.807, 2.05) is 24.3 Å². The highest BCUT2D eigenvalue weighted by Gasteiger charge is 2.16. The molecule has 0 aliphatic carbocycles. The van der Waals surface area contributed by atoms with Crippen LogP contribution in [-0.2, 0) is 4.79 Å². The van der Waals surface area contributed by atoms with Crippen molar-refractivity contribution < 1.29 is 9.90 Å². The van der Waals surface area contributed by atoms with Crippen molar-refractivity contribution in [2.45, 2.75) is 19.4 Å². The number of carboxylic acid groups (broad SMARTS) is 1. The van der Waals surface area contributed by atoms with Crippen LogP contribution in [0.4, 0.5) is 0 Å². The highest BCUT2D eigenvalue weighted by Crippen LogP contribution is 2.22. The highest BCUT2D eigenvalue weighted by molar-refractivity contribution is 9.10. The Morgan fingerprint density at radius 2 is 2.11 bits per heavy atom. The van der Waals surface area contributed by atoms with Gasteiger partial charge in [-0.05, 0) is 29.5 Å². The third-order valence-corrected chi connectivity index (χ3v) is 3.01. The van der Waals surface area contributed by atoms with Crippen molar-refractivity contribution in [2.24, 2.45) is 0 Å². The minimum atomic E-state index is -0.875. The summed E-state index contributed by atoms with van der Waals surface area (Å²) in [5.74, 6) is -0.309. The Morgan fingerprint density at radius 3 is 2.72 bits per heavy atom.